The van der Waals surface area contributed by atoms with Crippen LogP contribution in [-0.4, -0.2) is 25.2 Å². The van der Waals surface area contributed by atoms with Crippen LogP contribution in [0.4, 0.5) is 0 Å². The molecule has 2 aliphatic rings. The maximum absolute atomic E-state index is 9.96. The first-order valence-corrected chi connectivity index (χ1v) is 17.0. The number of hydrogen-bond donors (Lipinski definition) is 0. The van der Waals surface area contributed by atoms with Gasteiger partial charge in [0, 0.05) is 0 Å². The van der Waals surface area contributed by atoms with Crippen LogP contribution in [0.3, 0.4) is 0 Å². The van der Waals surface area contributed by atoms with Gasteiger partial charge in [-0.1, -0.05) is 12.2 Å². The fourth-order valence-electron chi connectivity index (χ4n) is 4.28. The van der Waals surface area contributed by atoms with Crippen LogP contribution in [0.2, 0.25) is 50.9 Å². The van der Waals surface area contributed by atoms with Crippen LogP contribution in [0.5, 0.6) is 0 Å². The van der Waals surface area contributed by atoms with E-state index in [0.29, 0.717) is 11.8 Å². The van der Waals surface area contributed by atoms with Gasteiger partial charge in [0.05, 0.1) is 11.1 Å². The van der Waals surface area contributed by atoms with E-state index in [1.54, 1.807) is 0 Å². The number of rotatable bonds is 5. The molecule has 1 fully saturated rings. The second-order valence-corrected chi connectivity index (χ2v) is 21.1. The third-order valence-electron chi connectivity index (χ3n) is 4.72. The van der Waals surface area contributed by atoms with Crippen LogP contribution in [0.15, 0.2) is 12.2 Å². The number of nitrogens with zero attached hydrogens (tertiary/aromatic N) is 1. The molecule has 0 N–H and O–H groups in total. The normalized spacial score (nSPS) is 32.5. The van der Waals surface area contributed by atoms with Gasteiger partial charge in [0.25, 0.3) is 0 Å². The Labute approximate surface area is 132 Å². The first kappa shape index (κ1) is 17.2. The molecule has 0 aromatic carbocycles. The predicted octanol–water partition coefficient (Wildman–Crippen LogP) is 4.62. The molecule has 0 saturated heterocycles. The Morgan fingerprint density at radius 1 is 1.05 bits per heavy atom. The Morgan fingerprint density at radius 2 is 1.67 bits per heavy atom. The molecule has 6 heteroatoms. The van der Waals surface area contributed by atoms with Crippen molar-refractivity contribution in [3.8, 4) is 6.07 Å². The van der Waals surface area contributed by atoms with E-state index in [0.717, 1.165) is 12.8 Å². The lowest BCUT2D eigenvalue weighted by Gasteiger charge is -2.46. The summed E-state index contributed by atoms with van der Waals surface area (Å²) in [5.41, 5.74) is 0. The lowest BCUT2D eigenvalue weighted by Crippen LogP contribution is -2.57. The van der Waals surface area contributed by atoms with E-state index < -0.39 is 25.2 Å². The number of nitriles is 1. The van der Waals surface area contributed by atoms with Gasteiger partial charge in [0.1, 0.15) is 0 Å². The summed E-state index contributed by atoms with van der Waals surface area (Å²) in [6, 6.07) is 2.70. The van der Waals surface area contributed by atoms with Crippen LogP contribution in [-0.2, 0) is 8.23 Å². The molecule has 0 aromatic heterocycles. The molecule has 3 nitrogen and oxygen atoms in total. The zero-order valence-electron chi connectivity index (χ0n) is 14.5. The standard InChI is InChI=1S/C15H29NO2Si3/c1-19(2,3)17-21(6,7)18-20(4,5)15(12-16)11-13-8-9-14(15)10-13/h8-9,13-14H,10-11H2,1-7H3. The van der Waals surface area contributed by atoms with Gasteiger partial charge in [-0.05, 0) is 70.5 Å². The van der Waals surface area contributed by atoms with Crippen molar-refractivity contribution in [3.63, 3.8) is 0 Å². The van der Waals surface area contributed by atoms with Crippen molar-refractivity contribution in [1.82, 2.24) is 0 Å². The quantitative estimate of drug-likeness (QED) is 0.542. The molecule has 3 unspecified atom stereocenters. The first-order chi connectivity index (χ1) is 9.41. The van der Waals surface area contributed by atoms with Crippen molar-refractivity contribution in [1.29, 1.82) is 5.26 Å². The fraction of sp³-hybridized carbons (Fsp3) is 0.800. The second-order valence-electron chi connectivity index (χ2n) is 8.50. The van der Waals surface area contributed by atoms with Gasteiger partial charge in [-0.2, -0.15) is 5.26 Å². The maximum atomic E-state index is 9.96. The van der Waals surface area contributed by atoms with E-state index >= 15 is 0 Å². The summed E-state index contributed by atoms with van der Waals surface area (Å²) in [6.45, 7) is 15.4. The molecule has 0 spiro atoms. The minimum absolute atomic E-state index is 0.264. The van der Waals surface area contributed by atoms with E-state index in [-0.39, 0.29) is 5.04 Å². The second kappa shape index (κ2) is 5.17. The van der Waals surface area contributed by atoms with Gasteiger partial charge in [-0.3, -0.25) is 0 Å². The SMILES string of the molecule is C[Si](C)(C)O[Si](C)(C)O[Si](C)(C)C1(C#N)CC2C=CC1C2. The molecule has 1 saturated carbocycles. The third-order valence-corrected chi connectivity index (χ3v) is 16.0. The number of allylic oxidation sites excluding steroid dienone is 2. The molecule has 21 heavy (non-hydrogen) atoms. The summed E-state index contributed by atoms with van der Waals surface area (Å²) in [6.07, 6.45) is 6.70. The molecule has 2 rings (SSSR count). The van der Waals surface area contributed by atoms with Crippen LogP contribution < -0.4 is 0 Å². The van der Waals surface area contributed by atoms with E-state index in [4.69, 9.17) is 8.23 Å². The Kier molecular flexibility index (Phi) is 4.22. The highest BCUT2D eigenvalue weighted by atomic mass is 28.5. The average Bonchev–Trinajstić information content (AvgIpc) is 2.83. The first-order valence-electron chi connectivity index (χ1n) is 7.91. The molecular formula is C15H29NO2Si3. The van der Waals surface area contributed by atoms with E-state index in [9.17, 15) is 5.26 Å². The molecule has 0 radical (unpaired) electrons. The minimum Gasteiger partial charge on any atom is -0.437 e. The zero-order valence-corrected chi connectivity index (χ0v) is 17.5. The average molecular weight is 340 g/mol. The van der Waals surface area contributed by atoms with Crippen LogP contribution in [0, 0.1) is 23.2 Å². The van der Waals surface area contributed by atoms with Crippen molar-refractivity contribution in [3.05, 3.63) is 12.2 Å². The highest BCUT2D eigenvalue weighted by Gasteiger charge is 2.61. The van der Waals surface area contributed by atoms with Crippen LogP contribution >= 0.6 is 0 Å². The summed E-state index contributed by atoms with van der Waals surface area (Å²) in [5.74, 6) is 0.985. The highest BCUT2D eigenvalue weighted by Crippen LogP contribution is 2.62. The number of hydrogen-bond acceptors (Lipinski definition) is 3. The molecule has 0 heterocycles. The monoisotopic (exact) mass is 339 g/mol. The summed E-state index contributed by atoms with van der Waals surface area (Å²) < 4.78 is 13.0. The summed E-state index contributed by atoms with van der Waals surface area (Å²) in [5, 5.41) is 9.69. The Balaban J connectivity index is 2.22. The smallest absolute Gasteiger partial charge is 0.311 e. The highest BCUT2D eigenvalue weighted by molar-refractivity contribution is 6.88. The molecule has 3 atom stereocenters. The van der Waals surface area contributed by atoms with Crippen molar-refractivity contribution in [2.24, 2.45) is 11.8 Å². The van der Waals surface area contributed by atoms with Crippen LogP contribution in [0.25, 0.3) is 0 Å². The van der Waals surface area contributed by atoms with Crippen LogP contribution in [0.1, 0.15) is 12.8 Å². The van der Waals surface area contributed by atoms with Gasteiger partial charge in [0.15, 0.2) is 16.6 Å². The van der Waals surface area contributed by atoms with Crippen molar-refractivity contribution >= 4 is 25.2 Å². The molecule has 0 aliphatic heterocycles. The summed E-state index contributed by atoms with van der Waals surface area (Å²) in [7, 11) is -5.97. The Bertz CT molecular complexity index is 490. The summed E-state index contributed by atoms with van der Waals surface area (Å²) >= 11 is 0. The van der Waals surface area contributed by atoms with Gasteiger partial charge in [-0.15, -0.1) is 0 Å². The number of fused-ring (bicyclic) bond motifs is 2. The molecule has 0 amide bonds. The van der Waals surface area contributed by atoms with Gasteiger partial charge in [-0.25, -0.2) is 0 Å². The fourth-order valence-corrected chi connectivity index (χ4v) is 18.5. The Hall–Kier alpha value is -0.199. The van der Waals surface area contributed by atoms with Gasteiger partial charge >= 0.3 is 8.56 Å². The largest absolute Gasteiger partial charge is 0.437 e. The van der Waals surface area contributed by atoms with E-state index in [1.807, 2.05) is 0 Å². The van der Waals surface area contributed by atoms with E-state index in [2.05, 4.69) is 64.1 Å². The lowest BCUT2D eigenvalue weighted by molar-refractivity contribution is 0.364. The molecule has 2 bridgehead atoms. The lowest BCUT2D eigenvalue weighted by atomic mass is 9.94. The zero-order chi connectivity index (χ0) is 16.1. The van der Waals surface area contributed by atoms with E-state index in [1.165, 1.54) is 0 Å². The molecule has 118 valence electrons. The van der Waals surface area contributed by atoms with Gasteiger partial charge < -0.3 is 8.23 Å². The maximum Gasteiger partial charge on any atom is 0.311 e. The molecule has 0 aromatic rings. The third kappa shape index (κ3) is 3.27. The predicted molar refractivity (Wildman–Crippen MR) is 94.1 cm³/mol. The van der Waals surface area contributed by atoms with Crippen molar-refractivity contribution in [2.75, 3.05) is 0 Å². The minimum atomic E-state index is -2.18. The molecular weight excluding hydrogens is 310 g/mol. The van der Waals surface area contributed by atoms with Crippen molar-refractivity contribution in [2.45, 2.75) is 63.7 Å². The van der Waals surface area contributed by atoms with Gasteiger partial charge in [0.2, 0.25) is 0 Å². The Morgan fingerprint density at radius 3 is 2.05 bits per heavy atom. The van der Waals surface area contributed by atoms with Crippen molar-refractivity contribution < 1.29 is 8.23 Å². The molecule has 2 aliphatic carbocycles. The summed E-state index contributed by atoms with van der Waals surface area (Å²) in [4.78, 5) is 0. The topological polar surface area (TPSA) is 42.2 Å².